The maximum absolute atomic E-state index is 12.9. The van der Waals surface area contributed by atoms with Crippen LogP contribution in [0.4, 0.5) is 4.79 Å². The topological polar surface area (TPSA) is 106 Å². The number of nitriles is 1. The minimum atomic E-state index is -0.489. The van der Waals surface area contributed by atoms with Gasteiger partial charge in [-0.1, -0.05) is 18.2 Å². The van der Waals surface area contributed by atoms with Crippen molar-refractivity contribution in [1.29, 1.82) is 5.26 Å². The van der Waals surface area contributed by atoms with Crippen LogP contribution >= 0.6 is 34.4 Å². The van der Waals surface area contributed by atoms with E-state index in [1.807, 2.05) is 6.92 Å². The second-order valence-electron chi connectivity index (χ2n) is 6.89. The molecule has 0 radical (unpaired) electrons. The molecule has 1 fully saturated rings. The van der Waals surface area contributed by atoms with Gasteiger partial charge in [0.05, 0.1) is 39.9 Å². The largest absolute Gasteiger partial charge is 0.490 e. The molecule has 8 nitrogen and oxygen atoms in total. The fourth-order valence-corrected chi connectivity index (χ4v) is 4.75. The number of thioether (sulfide) groups is 1. The Balaban J connectivity index is 1.84. The Bertz CT molecular complexity index is 1190. The average Bonchev–Trinajstić information content (AvgIpc) is 3.06. The van der Waals surface area contributed by atoms with Crippen molar-refractivity contribution in [3.8, 4) is 17.6 Å². The fourth-order valence-electron chi connectivity index (χ4n) is 3.13. The van der Waals surface area contributed by atoms with Crippen molar-refractivity contribution in [3.63, 3.8) is 0 Å². The van der Waals surface area contributed by atoms with Gasteiger partial charge >= 0.3 is 5.97 Å². The molecule has 0 bridgehead atoms. The van der Waals surface area contributed by atoms with Gasteiger partial charge in [0, 0.05) is 0 Å². The molecule has 2 amide bonds. The average molecular weight is 592 g/mol. The van der Waals surface area contributed by atoms with Gasteiger partial charge in [0.1, 0.15) is 0 Å². The highest BCUT2D eigenvalue weighted by atomic mass is 127. The maximum atomic E-state index is 12.9. The van der Waals surface area contributed by atoms with Crippen LogP contribution in [0.3, 0.4) is 0 Å². The summed E-state index contributed by atoms with van der Waals surface area (Å²) < 4.78 is 16.9. The number of halogens is 1. The Morgan fingerprint density at radius 2 is 1.94 bits per heavy atom. The molecule has 0 aliphatic carbocycles. The van der Waals surface area contributed by atoms with Gasteiger partial charge in [-0.3, -0.25) is 14.5 Å². The zero-order valence-corrected chi connectivity index (χ0v) is 21.5. The SMILES string of the molecule is CCOC(=O)COc1c(I)cc(/C=C2/SC(=O)N(Cc3ccccc3C#N)C2=O)cc1OCC. The molecule has 0 spiro atoms. The van der Waals surface area contributed by atoms with Crippen molar-refractivity contribution in [3.05, 3.63) is 61.6 Å². The maximum Gasteiger partial charge on any atom is 0.344 e. The van der Waals surface area contributed by atoms with E-state index >= 15 is 0 Å². The molecule has 34 heavy (non-hydrogen) atoms. The van der Waals surface area contributed by atoms with E-state index in [1.54, 1.807) is 49.4 Å². The first kappa shape index (κ1) is 25.6. The van der Waals surface area contributed by atoms with Crippen molar-refractivity contribution in [2.45, 2.75) is 20.4 Å². The van der Waals surface area contributed by atoms with Gasteiger partial charge in [-0.25, -0.2) is 4.79 Å². The van der Waals surface area contributed by atoms with E-state index in [2.05, 4.69) is 28.7 Å². The third-order valence-electron chi connectivity index (χ3n) is 4.61. The first-order chi connectivity index (χ1) is 16.4. The molecular formula is C24H21IN2O6S. The number of carbonyl (C=O) groups excluding carboxylic acids is 3. The van der Waals surface area contributed by atoms with Gasteiger partial charge in [0.2, 0.25) is 0 Å². The monoisotopic (exact) mass is 592 g/mol. The zero-order valence-electron chi connectivity index (χ0n) is 18.5. The molecule has 0 aromatic heterocycles. The summed E-state index contributed by atoms with van der Waals surface area (Å²) in [5, 5.41) is 8.88. The smallest absolute Gasteiger partial charge is 0.344 e. The van der Waals surface area contributed by atoms with Crippen molar-refractivity contribution in [1.82, 2.24) is 4.90 Å². The molecule has 176 valence electrons. The fraction of sp³-hybridized carbons (Fsp3) is 0.250. The van der Waals surface area contributed by atoms with Gasteiger partial charge in [0.25, 0.3) is 11.1 Å². The molecule has 2 aromatic carbocycles. The quantitative estimate of drug-likeness (QED) is 0.234. The number of nitrogens with zero attached hydrogens (tertiary/aromatic N) is 2. The van der Waals surface area contributed by atoms with E-state index in [4.69, 9.17) is 14.2 Å². The van der Waals surface area contributed by atoms with Gasteiger partial charge < -0.3 is 14.2 Å². The minimum Gasteiger partial charge on any atom is -0.490 e. The summed E-state index contributed by atoms with van der Waals surface area (Å²) in [5.74, 6) is -0.115. The molecule has 2 aromatic rings. The molecule has 3 rings (SSSR count). The molecule has 0 N–H and O–H groups in total. The molecule has 1 saturated heterocycles. The summed E-state index contributed by atoms with van der Waals surface area (Å²) in [6.45, 7) is 3.92. The van der Waals surface area contributed by atoms with Crippen LogP contribution < -0.4 is 9.47 Å². The van der Waals surface area contributed by atoms with E-state index in [0.717, 1.165) is 16.7 Å². The number of hydrogen-bond donors (Lipinski definition) is 0. The zero-order chi connectivity index (χ0) is 24.7. The van der Waals surface area contributed by atoms with Gasteiger partial charge in [-0.15, -0.1) is 0 Å². The number of hydrogen-bond acceptors (Lipinski definition) is 8. The predicted octanol–water partition coefficient (Wildman–Crippen LogP) is 4.74. The second kappa shape index (κ2) is 11.9. The molecule has 10 heteroatoms. The van der Waals surface area contributed by atoms with Crippen LogP contribution in [0, 0.1) is 14.9 Å². The van der Waals surface area contributed by atoms with E-state index in [0.29, 0.717) is 38.4 Å². The van der Waals surface area contributed by atoms with Gasteiger partial charge in [-0.05, 0) is 83.6 Å². The molecule has 1 aliphatic heterocycles. The third-order valence-corrected chi connectivity index (χ3v) is 6.32. The first-order valence-corrected chi connectivity index (χ1v) is 12.3. The summed E-state index contributed by atoms with van der Waals surface area (Å²) in [5.41, 5.74) is 1.66. The van der Waals surface area contributed by atoms with Crippen molar-refractivity contribution < 1.29 is 28.6 Å². The highest BCUT2D eigenvalue weighted by molar-refractivity contribution is 14.1. The lowest BCUT2D eigenvalue weighted by atomic mass is 10.1. The number of amides is 2. The Labute approximate surface area is 215 Å². The summed E-state index contributed by atoms with van der Waals surface area (Å²) in [6.07, 6.45) is 1.61. The molecule has 0 saturated carbocycles. The number of ether oxygens (including phenoxy) is 3. The van der Waals surface area contributed by atoms with Crippen molar-refractivity contribution in [2.24, 2.45) is 0 Å². The first-order valence-electron chi connectivity index (χ1n) is 10.4. The minimum absolute atomic E-state index is 0.0219. The Hall–Kier alpha value is -3.04. The van der Waals surface area contributed by atoms with Crippen LogP contribution in [0.1, 0.15) is 30.5 Å². The lowest BCUT2D eigenvalue weighted by Crippen LogP contribution is -2.27. The highest BCUT2D eigenvalue weighted by Gasteiger charge is 2.35. The van der Waals surface area contributed by atoms with Crippen LogP contribution in [-0.4, -0.2) is 41.8 Å². The predicted molar refractivity (Wildman–Crippen MR) is 135 cm³/mol. The molecule has 1 heterocycles. The van der Waals surface area contributed by atoms with Crippen LogP contribution in [0.5, 0.6) is 11.5 Å². The molecular weight excluding hydrogens is 571 g/mol. The highest BCUT2D eigenvalue weighted by Crippen LogP contribution is 2.38. The Morgan fingerprint density at radius 3 is 2.65 bits per heavy atom. The van der Waals surface area contributed by atoms with E-state index in [9.17, 15) is 19.6 Å². The number of imide groups is 1. The van der Waals surface area contributed by atoms with E-state index in [-0.39, 0.29) is 24.7 Å². The molecule has 1 aliphatic rings. The number of carbonyl (C=O) groups is 3. The van der Waals surface area contributed by atoms with Crippen LogP contribution in [-0.2, 0) is 20.9 Å². The van der Waals surface area contributed by atoms with E-state index in [1.165, 1.54) is 0 Å². The lowest BCUT2D eigenvalue weighted by Gasteiger charge is -2.14. The summed E-state index contributed by atoms with van der Waals surface area (Å²) in [7, 11) is 0. The third kappa shape index (κ3) is 6.09. The molecule has 0 unspecified atom stereocenters. The van der Waals surface area contributed by atoms with Crippen molar-refractivity contribution in [2.75, 3.05) is 19.8 Å². The molecule has 0 atom stereocenters. The lowest BCUT2D eigenvalue weighted by molar-refractivity contribution is -0.145. The summed E-state index contributed by atoms with van der Waals surface area (Å²) in [4.78, 5) is 38.5. The number of rotatable bonds is 9. The normalized spacial score (nSPS) is 14.3. The Morgan fingerprint density at radius 1 is 1.18 bits per heavy atom. The number of esters is 1. The van der Waals surface area contributed by atoms with Crippen LogP contribution in [0.15, 0.2) is 41.3 Å². The van der Waals surface area contributed by atoms with Gasteiger partial charge in [-0.2, -0.15) is 5.26 Å². The van der Waals surface area contributed by atoms with Crippen LogP contribution in [0.25, 0.3) is 6.08 Å². The van der Waals surface area contributed by atoms with Crippen molar-refractivity contribution >= 4 is 57.5 Å². The summed E-state index contributed by atoms with van der Waals surface area (Å²) >= 11 is 2.89. The Kier molecular flexibility index (Phi) is 8.95. The van der Waals surface area contributed by atoms with E-state index < -0.39 is 17.1 Å². The standard InChI is InChI=1S/C24H21IN2O6S/c1-3-31-19-10-15(9-18(25)22(19)33-14-21(28)32-4-2)11-20-23(29)27(24(30)34-20)13-17-8-6-5-7-16(17)12-26/h5-11H,3-4,13-14H2,1-2H3/b20-11+. The second-order valence-corrected chi connectivity index (χ2v) is 9.05. The van der Waals surface area contributed by atoms with Gasteiger partial charge in [0.15, 0.2) is 18.1 Å². The number of benzene rings is 2. The van der Waals surface area contributed by atoms with Crippen LogP contribution in [0.2, 0.25) is 0 Å². The summed E-state index contributed by atoms with van der Waals surface area (Å²) in [6, 6.07) is 12.4.